The van der Waals surface area contributed by atoms with Crippen LogP contribution in [0.25, 0.3) is 5.69 Å². The van der Waals surface area contributed by atoms with Crippen LogP contribution < -0.4 is 10.1 Å². The van der Waals surface area contributed by atoms with Gasteiger partial charge in [-0.05, 0) is 72.0 Å². The molecule has 1 aromatic heterocycles. The van der Waals surface area contributed by atoms with E-state index in [0.29, 0.717) is 31.0 Å². The molecule has 162 valence electrons. The molecule has 8 heteroatoms. The summed E-state index contributed by atoms with van der Waals surface area (Å²) in [5, 5.41) is 14.6. The number of hydrogen-bond acceptors (Lipinski definition) is 6. The summed E-state index contributed by atoms with van der Waals surface area (Å²) in [6.07, 6.45) is 3.19. The van der Waals surface area contributed by atoms with E-state index < -0.39 is 0 Å². The molecule has 31 heavy (non-hydrogen) atoms. The Balaban J connectivity index is 1.61. The van der Waals surface area contributed by atoms with Crippen LogP contribution in [0.5, 0.6) is 5.75 Å². The normalized spacial score (nSPS) is 15.5. The highest BCUT2D eigenvalue weighted by Gasteiger charge is 2.35. The molecule has 2 heterocycles. The summed E-state index contributed by atoms with van der Waals surface area (Å²) in [6.45, 7) is 5.83. The summed E-state index contributed by atoms with van der Waals surface area (Å²) < 4.78 is 12.5. The van der Waals surface area contributed by atoms with Crippen molar-refractivity contribution < 1.29 is 14.3 Å². The number of ether oxygens (including phenoxy) is 2. The highest BCUT2D eigenvalue weighted by atomic mass is 16.5. The average molecular weight is 422 g/mol. The van der Waals surface area contributed by atoms with Crippen LogP contribution in [0.3, 0.4) is 0 Å². The molecule has 8 nitrogen and oxygen atoms in total. The number of amides is 1. The second-order valence-corrected chi connectivity index (χ2v) is 7.96. The Bertz CT molecular complexity index is 1040. The summed E-state index contributed by atoms with van der Waals surface area (Å²) in [5.74, 6) is 0.671. The maximum atomic E-state index is 13.3. The van der Waals surface area contributed by atoms with Gasteiger partial charge in [0.05, 0.1) is 18.4 Å². The molecule has 4 rings (SSSR count). The van der Waals surface area contributed by atoms with Gasteiger partial charge in [0.2, 0.25) is 0 Å². The third kappa shape index (κ3) is 4.16. The number of nitrogens with one attached hydrogen (secondary N) is 1. The summed E-state index contributed by atoms with van der Waals surface area (Å²) >= 11 is 0. The third-order valence-corrected chi connectivity index (χ3v) is 6.26. The van der Waals surface area contributed by atoms with E-state index in [1.807, 2.05) is 38.1 Å². The molecule has 0 aliphatic carbocycles. The maximum Gasteiger partial charge on any atom is 0.253 e. The van der Waals surface area contributed by atoms with E-state index in [9.17, 15) is 4.79 Å². The monoisotopic (exact) mass is 421 g/mol. The Hall–Kier alpha value is -3.26. The van der Waals surface area contributed by atoms with E-state index in [1.165, 1.54) is 11.9 Å². The maximum absolute atomic E-state index is 13.3. The van der Waals surface area contributed by atoms with Crippen molar-refractivity contribution in [3.63, 3.8) is 0 Å². The molecule has 1 amide bonds. The van der Waals surface area contributed by atoms with Gasteiger partial charge in [-0.1, -0.05) is 18.2 Å². The van der Waals surface area contributed by atoms with Gasteiger partial charge in [0, 0.05) is 25.2 Å². The molecule has 2 aromatic carbocycles. The van der Waals surface area contributed by atoms with Gasteiger partial charge in [-0.2, -0.15) is 4.68 Å². The lowest BCUT2D eigenvalue weighted by Gasteiger charge is -2.38. The number of nitrogens with zero attached hydrogens (tertiary/aromatic N) is 4. The van der Waals surface area contributed by atoms with Crippen molar-refractivity contribution in [1.82, 2.24) is 25.5 Å². The standard InChI is InChI=1S/C23H27N5O3/c1-16-4-9-20(21(17(16)2)28-15-25-26-27-28)22(29)24-14-23(10-12-31-13-11-23)18-5-7-19(30-3)8-6-18/h4-9,15H,10-14H2,1-3H3,(H,24,29). The number of aromatic nitrogens is 4. The molecule has 1 aliphatic heterocycles. The van der Waals surface area contributed by atoms with Gasteiger partial charge in [0.25, 0.3) is 5.91 Å². The number of tetrazole rings is 1. The zero-order chi connectivity index (χ0) is 21.8. The zero-order valence-corrected chi connectivity index (χ0v) is 18.1. The number of aryl methyl sites for hydroxylation is 1. The van der Waals surface area contributed by atoms with Gasteiger partial charge in [0.1, 0.15) is 12.1 Å². The predicted octanol–water partition coefficient (Wildman–Crippen LogP) is 2.77. The second kappa shape index (κ2) is 8.85. The molecule has 1 fully saturated rings. The summed E-state index contributed by atoms with van der Waals surface area (Å²) in [4.78, 5) is 13.3. The van der Waals surface area contributed by atoms with Crippen LogP contribution in [0.4, 0.5) is 0 Å². The van der Waals surface area contributed by atoms with Crippen LogP contribution in [0, 0.1) is 13.8 Å². The minimum absolute atomic E-state index is 0.145. The number of methoxy groups -OCH3 is 1. The van der Waals surface area contributed by atoms with Gasteiger partial charge < -0.3 is 14.8 Å². The second-order valence-electron chi connectivity index (χ2n) is 7.96. The van der Waals surface area contributed by atoms with E-state index >= 15 is 0 Å². The number of hydrogen-bond donors (Lipinski definition) is 1. The van der Waals surface area contributed by atoms with E-state index in [1.54, 1.807) is 11.8 Å². The molecule has 0 bridgehead atoms. The van der Waals surface area contributed by atoms with Gasteiger partial charge in [-0.3, -0.25) is 4.79 Å². The molecule has 0 spiro atoms. The number of carbonyl (C=O) groups is 1. The van der Waals surface area contributed by atoms with E-state index in [4.69, 9.17) is 9.47 Å². The molecule has 0 radical (unpaired) electrons. The summed E-state index contributed by atoms with van der Waals surface area (Å²) in [5.41, 5.74) is 4.28. The Morgan fingerprint density at radius 2 is 1.90 bits per heavy atom. The van der Waals surface area contributed by atoms with Crippen molar-refractivity contribution in [2.75, 3.05) is 26.9 Å². The lowest BCUT2D eigenvalue weighted by Crippen LogP contribution is -2.44. The first kappa shape index (κ1) is 21.0. The van der Waals surface area contributed by atoms with Crippen molar-refractivity contribution in [1.29, 1.82) is 0 Å². The first-order chi connectivity index (χ1) is 15.0. The molecule has 3 aromatic rings. The minimum atomic E-state index is -0.186. The smallest absolute Gasteiger partial charge is 0.253 e. The molecular formula is C23H27N5O3. The van der Waals surface area contributed by atoms with Crippen LogP contribution in [0.15, 0.2) is 42.7 Å². The molecular weight excluding hydrogens is 394 g/mol. The Labute approximate surface area is 181 Å². The molecule has 0 unspecified atom stereocenters. The van der Waals surface area contributed by atoms with Crippen LogP contribution in [0.1, 0.15) is 39.9 Å². The van der Waals surface area contributed by atoms with E-state index in [2.05, 4.69) is 33.0 Å². The minimum Gasteiger partial charge on any atom is -0.497 e. The average Bonchev–Trinajstić information content (AvgIpc) is 3.34. The Morgan fingerprint density at radius 3 is 2.55 bits per heavy atom. The number of rotatable bonds is 6. The van der Waals surface area contributed by atoms with Crippen LogP contribution in [-0.2, 0) is 10.2 Å². The number of carbonyl (C=O) groups excluding carboxylic acids is 1. The van der Waals surface area contributed by atoms with Gasteiger partial charge in [-0.15, -0.1) is 5.10 Å². The Kier molecular flexibility index (Phi) is 5.99. The van der Waals surface area contributed by atoms with Crippen LogP contribution in [-0.4, -0.2) is 53.0 Å². The number of benzene rings is 2. The Morgan fingerprint density at radius 1 is 1.16 bits per heavy atom. The first-order valence-electron chi connectivity index (χ1n) is 10.4. The topological polar surface area (TPSA) is 91.2 Å². The fraction of sp³-hybridized carbons (Fsp3) is 0.391. The first-order valence-corrected chi connectivity index (χ1v) is 10.4. The highest BCUT2D eigenvalue weighted by Crippen LogP contribution is 2.35. The highest BCUT2D eigenvalue weighted by molar-refractivity contribution is 5.98. The van der Waals surface area contributed by atoms with Crippen LogP contribution in [0.2, 0.25) is 0 Å². The van der Waals surface area contributed by atoms with E-state index in [0.717, 1.165) is 29.7 Å². The van der Waals surface area contributed by atoms with Crippen molar-refractivity contribution in [2.45, 2.75) is 32.1 Å². The fourth-order valence-corrected chi connectivity index (χ4v) is 4.16. The van der Waals surface area contributed by atoms with Gasteiger partial charge in [0.15, 0.2) is 0 Å². The van der Waals surface area contributed by atoms with E-state index in [-0.39, 0.29) is 11.3 Å². The molecule has 1 aliphatic rings. The molecule has 1 saturated heterocycles. The quantitative estimate of drug-likeness (QED) is 0.658. The third-order valence-electron chi connectivity index (χ3n) is 6.26. The van der Waals surface area contributed by atoms with Crippen molar-refractivity contribution in [2.24, 2.45) is 0 Å². The fourth-order valence-electron chi connectivity index (χ4n) is 4.16. The largest absolute Gasteiger partial charge is 0.497 e. The lowest BCUT2D eigenvalue weighted by atomic mass is 9.74. The molecule has 0 saturated carbocycles. The zero-order valence-electron chi connectivity index (χ0n) is 18.1. The molecule has 1 N–H and O–H groups in total. The van der Waals surface area contributed by atoms with Crippen molar-refractivity contribution in [3.05, 3.63) is 65.0 Å². The molecule has 0 atom stereocenters. The summed E-state index contributed by atoms with van der Waals surface area (Å²) in [6, 6.07) is 11.9. The van der Waals surface area contributed by atoms with Crippen molar-refractivity contribution in [3.8, 4) is 11.4 Å². The predicted molar refractivity (Wildman–Crippen MR) is 116 cm³/mol. The van der Waals surface area contributed by atoms with Gasteiger partial charge in [-0.25, -0.2) is 0 Å². The van der Waals surface area contributed by atoms with Crippen molar-refractivity contribution >= 4 is 5.91 Å². The van der Waals surface area contributed by atoms with Crippen LogP contribution >= 0.6 is 0 Å². The SMILES string of the molecule is COc1ccc(C2(CNC(=O)c3ccc(C)c(C)c3-n3cnnn3)CCOCC2)cc1. The lowest BCUT2D eigenvalue weighted by molar-refractivity contribution is 0.0487. The summed E-state index contributed by atoms with van der Waals surface area (Å²) in [7, 11) is 1.66. The van der Waals surface area contributed by atoms with Gasteiger partial charge >= 0.3 is 0 Å².